The first kappa shape index (κ1) is 13.1. The molecular formula is C17H14N2O2. The minimum absolute atomic E-state index is 0.217. The summed E-state index contributed by atoms with van der Waals surface area (Å²) in [6, 6.07) is 17.3. The molecule has 0 aliphatic carbocycles. The van der Waals surface area contributed by atoms with Crippen LogP contribution in [0.2, 0.25) is 0 Å². The maximum Gasteiger partial charge on any atom is 0.359 e. The molecule has 2 aromatic carbocycles. The number of para-hydroxylation sites is 1. The Labute approximate surface area is 122 Å². The van der Waals surface area contributed by atoms with E-state index in [-0.39, 0.29) is 6.61 Å². The number of ether oxygens (including phenoxy) is 1. The Morgan fingerprint density at radius 3 is 2.71 bits per heavy atom. The van der Waals surface area contributed by atoms with Crippen molar-refractivity contribution in [1.82, 2.24) is 10.2 Å². The second-order valence-electron chi connectivity index (χ2n) is 4.53. The summed E-state index contributed by atoms with van der Waals surface area (Å²) in [6.07, 6.45) is 3.72. The molecule has 0 saturated heterocycles. The molecule has 1 aromatic heterocycles. The molecule has 21 heavy (non-hydrogen) atoms. The summed E-state index contributed by atoms with van der Waals surface area (Å²) in [5, 5.41) is 7.60. The van der Waals surface area contributed by atoms with Gasteiger partial charge in [0, 0.05) is 5.39 Å². The van der Waals surface area contributed by atoms with Crippen molar-refractivity contribution in [1.29, 1.82) is 0 Å². The summed E-state index contributed by atoms with van der Waals surface area (Å²) in [5.74, 6) is -0.426. The first-order chi connectivity index (χ1) is 10.3. The van der Waals surface area contributed by atoms with Gasteiger partial charge in [-0.1, -0.05) is 54.6 Å². The highest BCUT2D eigenvalue weighted by Crippen LogP contribution is 2.15. The Morgan fingerprint density at radius 1 is 1.10 bits per heavy atom. The SMILES string of the molecule is O=C(OC/C=C/c1ccccc1)c1n[nH]c2ccccc12. The smallest absolute Gasteiger partial charge is 0.359 e. The van der Waals surface area contributed by atoms with Crippen LogP contribution < -0.4 is 0 Å². The molecule has 4 heteroatoms. The Morgan fingerprint density at radius 2 is 1.86 bits per heavy atom. The van der Waals surface area contributed by atoms with Crippen LogP contribution in [0.4, 0.5) is 0 Å². The number of rotatable bonds is 4. The number of aromatic nitrogens is 2. The van der Waals surface area contributed by atoms with Crippen molar-refractivity contribution >= 4 is 22.9 Å². The van der Waals surface area contributed by atoms with Gasteiger partial charge in [-0.05, 0) is 17.7 Å². The van der Waals surface area contributed by atoms with Crippen LogP contribution in [-0.2, 0) is 4.74 Å². The summed E-state index contributed by atoms with van der Waals surface area (Å²) >= 11 is 0. The number of hydrogen-bond acceptors (Lipinski definition) is 3. The fourth-order valence-corrected chi connectivity index (χ4v) is 2.06. The predicted octanol–water partition coefficient (Wildman–Crippen LogP) is 3.43. The summed E-state index contributed by atoms with van der Waals surface area (Å²) in [6.45, 7) is 0.217. The van der Waals surface area contributed by atoms with Crippen molar-refractivity contribution in [3.63, 3.8) is 0 Å². The first-order valence-corrected chi connectivity index (χ1v) is 6.66. The predicted molar refractivity (Wildman–Crippen MR) is 81.9 cm³/mol. The van der Waals surface area contributed by atoms with E-state index in [1.807, 2.05) is 66.7 Å². The van der Waals surface area contributed by atoms with Gasteiger partial charge in [-0.15, -0.1) is 0 Å². The minimum atomic E-state index is -0.426. The fraction of sp³-hybridized carbons (Fsp3) is 0.0588. The number of nitrogens with one attached hydrogen (secondary N) is 1. The summed E-state index contributed by atoms with van der Waals surface area (Å²) in [5.41, 5.74) is 2.21. The molecule has 0 fully saturated rings. The zero-order valence-electron chi connectivity index (χ0n) is 11.3. The monoisotopic (exact) mass is 278 g/mol. The highest BCUT2D eigenvalue weighted by molar-refractivity contribution is 6.01. The van der Waals surface area contributed by atoms with Crippen molar-refractivity contribution in [3.8, 4) is 0 Å². The molecule has 0 unspecified atom stereocenters. The minimum Gasteiger partial charge on any atom is -0.457 e. The Kier molecular flexibility index (Phi) is 3.78. The number of benzene rings is 2. The summed E-state index contributed by atoms with van der Waals surface area (Å²) < 4.78 is 5.21. The van der Waals surface area contributed by atoms with Crippen molar-refractivity contribution in [2.75, 3.05) is 6.61 Å². The maximum atomic E-state index is 12.0. The molecule has 104 valence electrons. The van der Waals surface area contributed by atoms with Gasteiger partial charge >= 0.3 is 5.97 Å². The van der Waals surface area contributed by atoms with Crippen LogP contribution in [0, 0.1) is 0 Å². The Balaban J connectivity index is 1.63. The van der Waals surface area contributed by atoms with Crippen LogP contribution >= 0.6 is 0 Å². The van der Waals surface area contributed by atoms with Gasteiger partial charge in [0.05, 0.1) is 5.52 Å². The van der Waals surface area contributed by atoms with E-state index in [1.54, 1.807) is 0 Å². The molecule has 0 radical (unpaired) electrons. The Bertz CT molecular complexity index is 776. The zero-order chi connectivity index (χ0) is 14.5. The topological polar surface area (TPSA) is 55.0 Å². The zero-order valence-corrected chi connectivity index (χ0v) is 11.3. The van der Waals surface area contributed by atoms with Gasteiger partial charge in [0.15, 0.2) is 5.69 Å². The van der Waals surface area contributed by atoms with Crippen molar-refractivity contribution in [2.45, 2.75) is 0 Å². The van der Waals surface area contributed by atoms with Gasteiger partial charge in [-0.2, -0.15) is 5.10 Å². The van der Waals surface area contributed by atoms with Crippen LogP contribution in [0.3, 0.4) is 0 Å². The number of H-pyrrole nitrogens is 1. The number of esters is 1. The van der Waals surface area contributed by atoms with Crippen LogP contribution in [-0.4, -0.2) is 22.8 Å². The largest absolute Gasteiger partial charge is 0.457 e. The molecule has 0 spiro atoms. The average Bonchev–Trinajstić information content (AvgIpc) is 2.96. The van der Waals surface area contributed by atoms with Crippen LogP contribution in [0.25, 0.3) is 17.0 Å². The fourth-order valence-electron chi connectivity index (χ4n) is 2.06. The lowest BCUT2D eigenvalue weighted by molar-refractivity contribution is 0.0545. The summed E-state index contributed by atoms with van der Waals surface area (Å²) in [4.78, 5) is 12.0. The molecule has 0 bridgehead atoms. The van der Waals surface area contributed by atoms with E-state index in [4.69, 9.17) is 4.74 Å². The van der Waals surface area contributed by atoms with Crippen molar-refractivity contribution in [2.24, 2.45) is 0 Å². The highest BCUT2D eigenvalue weighted by Gasteiger charge is 2.14. The molecule has 4 nitrogen and oxygen atoms in total. The lowest BCUT2D eigenvalue weighted by Gasteiger charge is -1.99. The molecule has 3 aromatic rings. The van der Waals surface area contributed by atoms with E-state index in [1.165, 1.54) is 0 Å². The molecule has 3 rings (SSSR count). The molecule has 1 N–H and O–H groups in total. The lowest BCUT2D eigenvalue weighted by atomic mass is 10.2. The quantitative estimate of drug-likeness (QED) is 0.744. The lowest BCUT2D eigenvalue weighted by Crippen LogP contribution is -2.06. The number of nitrogens with zero attached hydrogens (tertiary/aromatic N) is 1. The number of carbonyl (C=O) groups is 1. The van der Waals surface area contributed by atoms with Crippen LogP contribution in [0.1, 0.15) is 16.1 Å². The third-order valence-electron chi connectivity index (χ3n) is 3.08. The third-order valence-corrected chi connectivity index (χ3v) is 3.08. The van der Waals surface area contributed by atoms with E-state index in [9.17, 15) is 4.79 Å². The summed E-state index contributed by atoms with van der Waals surface area (Å²) in [7, 11) is 0. The van der Waals surface area contributed by atoms with Gasteiger partial charge in [-0.3, -0.25) is 5.10 Å². The second-order valence-corrected chi connectivity index (χ2v) is 4.53. The standard InChI is InChI=1S/C17H14N2O2/c20-17(16-14-10-4-5-11-15(14)18-19-16)21-12-6-9-13-7-2-1-3-8-13/h1-11H,12H2,(H,18,19)/b9-6+. The molecule has 0 aliphatic heterocycles. The number of carbonyl (C=O) groups excluding carboxylic acids is 1. The van der Waals surface area contributed by atoms with Gasteiger partial charge in [0.25, 0.3) is 0 Å². The van der Waals surface area contributed by atoms with E-state index in [0.717, 1.165) is 16.5 Å². The van der Waals surface area contributed by atoms with E-state index in [0.29, 0.717) is 5.69 Å². The molecular weight excluding hydrogens is 264 g/mol. The van der Waals surface area contributed by atoms with Gasteiger partial charge in [0.1, 0.15) is 6.61 Å². The molecule has 0 amide bonds. The molecule has 1 heterocycles. The Hall–Kier alpha value is -2.88. The maximum absolute atomic E-state index is 12.0. The number of aromatic amines is 1. The number of hydrogen-bond donors (Lipinski definition) is 1. The number of fused-ring (bicyclic) bond motifs is 1. The molecule has 0 atom stereocenters. The average molecular weight is 278 g/mol. The van der Waals surface area contributed by atoms with Crippen molar-refractivity contribution in [3.05, 3.63) is 71.9 Å². The van der Waals surface area contributed by atoms with E-state index < -0.39 is 5.97 Å². The van der Waals surface area contributed by atoms with Crippen LogP contribution in [0.15, 0.2) is 60.7 Å². The molecule has 0 aliphatic rings. The van der Waals surface area contributed by atoms with Gasteiger partial charge in [0.2, 0.25) is 0 Å². The highest BCUT2D eigenvalue weighted by atomic mass is 16.5. The normalized spacial score (nSPS) is 11.0. The third kappa shape index (κ3) is 3.00. The van der Waals surface area contributed by atoms with E-state index >= 15 is 0 Å². The van der Waals surface area contributed by atoms with Gasteiger partial charge < -0.3 is 4.74 Å². The van der Waals surface area contributed by atoms with Gasteiger partial charge in [-0.25, -0.2) is 4.79 Å². The second kappa shape index (κ2) is 6.05. The first-order valence-electron chi connectivity index (χ1n) is 6.66. The van der Waals surface area contributed by atoms with E-state index in [2.05, 4.69) is 10.2 Å². The van der Waals surface area contributed by atoms with Crippen molar-refractivity contribution < 1.29 is 9.53 Å². The molecule has 0 saturated carbocycles. The van der Waals surface area contributed by atoms with Crippen LogP contribution in [0.5, 0.6) is 0 Å².